The van der Waals surface area contributed by atoms with Crippen LogP contribution in [0.2, 0.25) is 0 Å². The summed E-state index contributed by atoms with van der Waals surface area (Å²) in [5.74, 6) is 0.245. The van der Waals surface area contributed by atoms with Crippen molar-refractivity contribution in [2.45, 2.75) is 31.5 Å². The first kappa shape index (κ1) is 11.9. The monoisotopic (exact) mass is 241 g/mol. The van der Waals surface area contributed by atoms with E-state index in [-0.39, 0.29) is 11.2 Å². The number of aliphatic hydroxyl groups is 1. The van der Waals surface area contributed by atoms with Gasteiger partial charge in [-0.1, -0.05) is 0 Å². The molecule has 1 spiro atoms. The van der Waals surface area contributed by atoms with Crippen LogP contribution in [0, 0.1) is 11.3 Å². The number of fused-ring (bicyclic) bond motifs is 1. The molecule has 17 heavy (non-hydrogen) atoms. The molecule has 4 nitrogen and oxygen atoms in total. The molecule has 0 aromatic rings. The van der Waals surface area contributed by atoms with E-state index in [9.17, 15) is 5.11 Å². The number of likely N-dealkylation sites (tertiary alicyclic amines) is 1. The molecule has 98 valence electrons. The molecule has 1 aliphatic carbocycles. The van der Waals surface area contributed by atoms with E-state index < -0.39 is 0 Å². The van der Waals surface area contributed by atoms with E-state index in [1.807, 2.05) is 0 Å². The smallest absolute Gasteiger partial charge is 0.168 e. The third-order valence-corrected chi connectivity index (χ3v) is 5.00. The van der Waals surface area contributed by atoms with Crippen LogP contribution in [0.25, 0.3) is 0 Å². The molecule has 3 rings (SSSR count). The van der Waals surface area contributed by atoms with Gasteiger partial charge < -0.3 is 19.5 Å². The van der Waals surface area contributed by atoms with Gasteiger partial charge in [-0.05, 0) is 32.4 Å². The van der Waals surface area contributed by atoms with Crippen molar-refractivity contribution in [3.05, 3.63) is 0 Å². The molecule has 2 heterocycles. The zero-order chi connectivity index (χ0) is 11.9. The van der Waals surface area contributed by atoms with Gasteiger partial charge in [-0.15, -0.1) is 0 Å². The Labute approximate surface area is 103 Å². The molecular weight excluding hydrogens is 218 g/mol. The Hall–Kier alpha value is -0.160. The normalized spacial score (nSPS) is 41.6. The van der Waals surface area contributed by atoms with Crippen molar-refractivity contribution in [2.75, 3.05) is 40.0 Å². The van der Waals surface area contributed by atoms with Gasteiger partial charge in [0.15, 0.2) is 5.79 Å². The average Bonchev–Trinajstić information content (AvgIpc) is 2.78. The summed E-state index contributed by atoms with van der Waals surface area (Å²) in [7, 11) is 2.15. The molecule has 3 fully saturated rings. The summed E-state index contributed by atoms with van der Waals surface area (Å²) in [6, 6.07) is 0. The van der Waals surface area contributed by atoms with Crippen molar-refractivity contribution in [2.24, 2.45) is 11.3 Å². The first-order valence-corrected chi connectivity index (χ1v) is 6.75. The summed E-state index contributed by atoms with van der Waals surface area (Å²) in [6.45, 7) is 3.92. The van der Waals surface area contributed by atoms with Gasteiger partial charge in [-0.3, -0.25) is 0 Å². The molecule has 1 N–H and O–H groups in total. The number of ether oxygens (including phenoxy) is 2. The fourth-order valence-corrected chi connectivity index (χ4v) is 3.96. The lowest BCUT2D eigenvalue weighted by Gasteiger charge is -2.53. The molecule has 4 heteroatoms. The molecule has 0 aromatic carbocycles. The van der Waals surface area contributed by atoms with Gasteiger partial charge in [0.2, 0.25) is 0 Å². The van der Waals surface area contributed by atoms with E-state index in [4.69, 9.17) is 9.47 Å². The molecule has 0 unspecified atom stereocenters. The van der Waals surface area contributed by atoms with Gasteiger partial charge in [0.1, 0.15) is 0 Å². The second kappa shape index (κ2) is 4.19. The molecule has 0 aromatic heterocycles. The number of hydrogen-bond donors (Lipinski definition) is 1. The van der Waals surface area contributed by atoms with Crippen molar-refractivity contribution in [1.29, 1.82) is 0 Å². The van der Waals surface area contributed by atoms with E-state index in [0.29, 0.717) is 12.5 Å². The fraction of sp³-hybridized carbons (Fsp3) is 1.00. The van der Waals surface area contributed by atoms with Crippen molar-refractivity contribution in [3.8, 4) is 0 Å². The molecule has 2 aliphatic heterocycles. The lowest BCUT2D eigenvalue weighted by Crippen LogP contribution is -2.56. The second-order valence-electron chi connectivity index (χ2n) is 6.06. The van der Waals surface area contributed by atoms with Gasteiger partial charge in [-0.25, -0.2) is 0 Å². The standard InChI is InChI=1S/C13H23NO3/c1-14-5-2-11-8-13(16-6-7-17-13)4-3-12(11,9-14)10-15/h11,15H,2-10H2,1H3/t11-,12+/m0/s1. The van der Waals surface area contributed by atoms with E-state index in [2.05, 4.69) is 11.9 Å². The Morgan fingerprint density at radius 1 is 1.29 bits per heavy atom. The van der Waals surface area contributed by atoms with Crippen molar-refractivity contribution in [3.63, 3.8) is 0 Å². The summed E-state index contributed by atoms with van der Waals surface area (Å²) in [6.07, 6.45) is 4.10. The molecule has 0 bridgehead atoms. The third kappa shape index (κ3) is 1.91. The van der Waals surface area contributed by atoms with Crippen LogP contribution in [0.15, 0.2) is 0 Å². The quantitative estimate of drug-likeness (QED) is 0.739. The van der Waals surface area contributed by atoms with Gasteiger partial charge >= 0.3 is 0 Å². The number of nitrogens with zero attached hydrogens (tertiary/aromatic N) is 1. The lowest BCUT2D eigenvalue weighted by atomic mass is 9.62. The number of piperidine rings is 1. The maximum atomic E-state index is 9.82. The lowest BCUT2D eigenvalue weighted by molar-refractivity contribution is -0.220. The minimum absolute atomic E-state index is 0.0908. The largest absolute Gasteiger partial charge is 0.396 e. The van der Waals surface area contributed by atoms with Gasteiger partial charge in [0, 0.05) is 24.8 Å². The van der Waals surface area contributed by atoms with Gasteiger partial charge in [0.05, 0.1) is 19.8 Å². The molecular formula is C13H23NO3. The second-order valence-corrected chi connectivity index (χ2v) is 6.06. The van der Waals surface area contributed by atoms with Gasteiger partial charge in [-0.2, -0.15) is 0 Å². The summed E-state index contributed by atoms with van der Waals surface area (Å²) in [4.78, 5) is 2.35. The predicted molar refractivity (Wildman–Crippen MR) is 63.6 cm³/mol. The Morgan fingerprint density at radius 2 is 2.06 bits per heavy atom. The van der Waals surface area contributed by atoms with E-state index in [1.54, 1.807) is 0 Å². The molecule has 2 saturated heterocycles. The first-order valence-electron chi connectivity index (χ1n) is 6.75. The van der Waals surface area contributed by atoms with Crippen LogP contribution >= 0.6 is 0 Å². The fourth-order valence-electron chi connectivity index (χ4n) is 3.96. The SMILES string of the molecule is CN1CC[C@H]2CC3(CC[C@]2(CO)C1)OCCO3. The molecule has 0 radical (unpaired) electrons. The van der Waals surface area contributed by atoms with Crippen LogP contribution in [0.5, 0.6) is 0 Å². The molecule has 2 atom stereocenters. The Morgan fingerprint density at radius 3 is 2.76 bits per heavy atom. The maximum absolute atomic E-state index is 9.82. The Kier molecular flexibility index (Phi) is 2.94. The Bertz CT molecular complexity index is 290. The van der Waals surface area contributed by atoms with Crippen LogP contribution < -0.4 is 0 Å². The zero-order valence-corrected chi connectivity index (χ0v) is 10.7. The van der Waals surface area contributed by atoms with Crippen molar-refractivity contribution < 1.29 is 14.6 Å². The Balaban J connectivity index is 1.78. The van der Waals surface area contributed by atoms with E-state index >= 15 is 0 Å². The van der Waals surface area contributed by atoms with Crippen molar-refractivity contribution >= 4 is 0 Å². The topological polar surface area (TPSA) is 41.9 Å². The van der Waals surface area contributed by atoms with E-state index in [0.717, 1.165) is 52.0 Å². The summed E-state index contributed by atoms with van der Waals surface area (Å²) < 4.78 is 11.7. The van der Waals surface area contributed by atoms with Crippen LogP contribution in [-0.4, -0.2) is 55.8 Å². The summed E-state index contributed by atoms with van der Waals surface area (Å²) in [5, 5.41) is 9.82. The van der Waals surface area contributed by atoms with Crippen LogP contribution in [-0.2, 0) is 9.47 Å². The molecule has 1 saturated carbocycles. The highest BCUT2D eigenvalue weighted by atomic mass is 16.7. The van der Waals surface area contributed by atoms with Crippen LogP contribution in [0.4, 0.5) is 0 Å². The predicted octanol–water partition coefficient (Wildman–Crippen LogP) is 0.844. The van der Waals surface area contributed by atoms with Crippen LogP contribution in [0.1, 0.15) is 25.7 Å². The van der Waals surface area contributed by atoms with Crippen LogP contribution in [0.3, 0.4) is 0 Å². The van der Waals surface area contributed by atoms with E-state index in [1.165, 1.54) is 0 Å². The van der Waals surface area contributed by atoms with Gasteiger partial charge in [0.25, 0.3) is 0 Å². The maximum Gasteiger partial charge on any atom is 0.168 e. The average molecular weight is 241 g/mol. The highest BCUT2D eigenvalue weighted by Gasteiger charge is 2.53. The minimum Gasteiger partial charge on any atom is -0.396 e. The number of hydrogen-bond acceptors (Lipinski definition) is 4. The zero-order valence-electron chi connectivity index (χ0n) is 10.7. The highest BCUT2D eigenvalue weighted by molar-refractivity contribution is 5.00. The minimum atomic E-state index is -0.306. The third-order valence-electron chi connectivity index (χ3n) is 5.00. The summed E-state index contributed by atoms with van der Waals surface area (Å²) in [5.41, 5.74) is 0.0908. The highest BCUT2D eigenvalue weighted by Crippen LogP contribution is 2.51. The number of aliphatic hydroxyl groups excluding tert-OH is 1. The molecule has 0 amide bonds. The molecule has 3 aliphatic rings. The first-order chi connectivity index (χ1) is 8.18. The summed E-state index contributed by atoms with van der Waals surface area (Å²) >= 11 is 0. The van der Waals surface area contributed by atoms with Crippen molar-refractivity contribution in [1.82, 2.24) is 4.90 Å². The number of rotatable bonds is 1.